The van der Waals surface area contributed by atoms with Crippen LogP contribution in [0.5, 0.6) is 0 Å². The average Bonchev–Trinajstić information content (AvgIpc) is 2.93. The first-order valence-electron chi connectivity index (χ1n) is 8.16. The van der Waals surface area contributed by atoms with E-state index in [1.54, 1.807) is 19.9 Å². The van der Waals surface area contributed by atoms with Gasteiger partial charge in [0.1, 0.15) is 6.04 Å². The molecule has 136 valence electrons. The van der Waals surface area contributed by atoms with Crippen molar-refractivity contribution in [2.24, 2.45) is 0 Å². The Morgan fingerprint density at radius 1 is 1.42 bits per heavy atom. The van der Waals surface area contributed by atoms with E-state index < -0.39 is 11.0 Å². The van der Waals surface area contributed by atoms with E-state index in [0.29, 0.717) is 30.9 Å². The first-order valence-corrected chi connectivity index (χ1v) is 8.16. The molecule has 1 aliphatic rings. The van der Waals surface area contributed by atoms with E-state index in [1.807, 2.05) is 0 Å². The Morgan fingerprint density at radius 2 is 2.19 bits per heavy atom. The molecule has 0 spiro atoms. The number of non-ortho nitro benzene ring substituents is 1. The van der Waals surface area contributed by atoms with Crippen LogP contribution in [0.3, 0.4) is 0 Å². The molecule has 1 aromatic heterocycles. The molecule has 2 amide bonds. The third-order valence-corrected chi connectivity index (χ3v) is 4.37. The van der Waals surface area contributed by atoms with Gasteiger partial charge in [-0.25, -0.2) is 4.68 Å². The fourth-order valence-electron chi connectivity index (χ4n) is 2.87. The summed E-state index contributed by atoms with van der Waals surface area (Å²) in [6, 6.07) is 5.31. The quantitative estimate of drug-likeness (QED) is 0.640. The predicted molar refractivity (Wildman–Crippen MR) is 90.9 cm³/mol. The van der Waals surface area contributed by atoms with Crippen molar-refractivity contribution in [1.82, 2.24) is 25.2 Å². The van der Waals surface area contributed by atoms with E-state index in [9.17, 15) is 19.7 Å². The highest BCUT2D eigenvalue weighted by atomic mass is 16.6. The number of hydrogen-bond acceptors (Lipinski definition) is 6. The number of nitrogens with zero attached hydrogens (tertiary/aromatic N) is 5. The SMILES string of the molecule is Cc1c(C(=O)N2CCCNC(=O)[C@@H]2C)nnn1-c1cccc([N+](=O)[O-])c1. The molecule has 1 aliphatic heterocycles. The lowest BCUT2D eigenvalue weighted by molar-refractivity contribution is -0.384. The van der Waals surface area contributed by atoms with Gasteiger partial charge in [0.05, 0.1) is 16.3 Å². The number of nitro benzene ring substituents is 1. The Bertz CT molecular complexity index is 877. The van der Waals surface area contributed by atoms with E-state index >= 15 is 0 Å². The molecule has 1 aromatic carbocycles. The Kier molecular flexibility index (Phi) is 4.65. The maximum absolute atomic E-state index is 12.9. The fourth-order valence-corrected chi connectivity index (χ4v) is 2.87. The first kappa shape index (κ1) is 17.5. The Morgan fingerprint density at radius 3 is 2.92 bits per heavy atom. The van der Waals surface area contributed by atoms with Gasteiger partial charge in [-0.05, 0) is 26.3 Å². The second-order valence-corrected chi connectivity index (χ2v) is 6.03. The van der Waals surface area contributed by atoms with Crippen LogP contribution in [-0.4, -0.2) is 55.8 Å². The van der Waals surface area contributed by atoms with Crippen molar-refractivity contribution in [1.29, 1.82) is 0 Å². The molecular weight excluding hydrogens is 340 g/mol. The molecule has 0 bridgehead atoms. The zero-order valence-electron chi connectivity index (χ0n) is 14.4. The van der Waals surface area contributed by atoms with Gasteiger partial charge in [-0.3, -0.25) is 19.7 Å². The number of nitrogens with one attached hydrogen (secondary N) is 1. The first-order chi connectivity index (χ1) is 12.4. The van der Waals surface area contributed by atoms with Crippen molar-refractivity contribution >= 4 is 17.5 Å². The van der Waals surface area contributed by atoms with Gasteiger partial charge >= 0.3 is 0 Å². The van der Waals surface area contributed by atoms with Gasteiger partial charge < -0.3 is 10.2 Å². The minimum absolute atomic E-state index is 0.0805. The van der Waals surface area contributed by atoms with Crippen LogP contribution in [0.15, 0.2) is 24.3 Å². The largest absolute Gasteiger partial charge is 0.354 e. The van der Waals surface area contributed by atoms with Gasteiger partial charge in [-0.15, -0.1) is 5.10 Å². The Hall–Kier alpha value is -3.30. The molecule has 1 saturated heterocycles. The minimum Gasteiger partial charge on any atom is -0.354 e. The third kappa shape index (κ3) is 3.13. The standard InChI is InChI=1S/C16H18N6O4/c1-10-14(16(24)20-8-4-7-17-15(23)11(20)2)18-19-21(10)12-5-3-6-13(9-12)22(25)26/h3,5-6,9,11H,4,7-8H2,1-2H3,(H,17,23)/t11-/m0/s1. The lowest BCUT2D eigenvalue weighted by Crippen LogP contribution is -2.45. The van der Waals surface area contributed by atoms with Crippen LogP contribution in [0.25, 0.3) is 5.69 Å². The molecule has 3 rings (SSSR count). The summed E-state index contributed by atoms with van der Waals surface area (Å²) < 4.78 is 1.38. The van der Waals surface area contributed by atoms with Crippen LogP contribution in [0, 0.1) is 17.0 Å². The summed E-state index contributed by atoms with van der Waals surface area (Å²) in [5.74, 6) is -0.594. The molecule has 0 saturated carbocycles. The van der Waals surface area contributed by atoms with Gasteiger partial charge in [-0.2, -0.15) is 0 Å². The smallest absolute Gasteiger partial charge is 0.277 e. The molecule has 26 heavy (non-hydrogen) atoms. The second-order valence-electron chi connectivity index (χ2n) is 6.03. The minimum atomic E-state index is -0.604. The average molecular weight is 358 g/mol. The second kappa shape index (κ2) is 6.90. The van der Waals surface area contributed by atoms with Crippen molar-refractivity contribution in [3.05, 3.63) is 45.8 Å². The lowest BCUT2D eigenvalue weighted by Gasteiger charge is -2.24. The Labute approximate surface area is 148 Å². The molecule has 0 aliphatic carbocycles. The lowest BCUT2D eigenvalue weighted by atomic mass is 10.2. The van der Waals surface area contributed by atoms with Crippen LogP contribution >= 0.6 is 0 Å². The Balaban J connectivity index is 1.93. The fraction of sp³-hybridized carbons (Fsp3) is 0.375. The molecule has 2 heterocycles. The number of carbonyl (C=O) groups excluding carboxylic acids is 2. The monoisotopic (exact) mass is 358 g/mol. The van der Waals surface area contributed by atoms with Crippen LogP contribution in [0.1, 0.15) is 29.5 Å². The molecule has 0 unspecified atom stereocenters. The third-order valence-electron chi connectivity index (χ3n) is 4.37. The van der Waals surface area contributed by atoms with E-state index in [1.165, 1.54) is 27.8 Å². The van der Waals surface area contributed by atoms with Crippen molar-refractivity contribution in [2.75, 3.05) is 13.1 Å². The maximum Gasteiger partial charge on any atom is 0.277 e. The molecular formula is C16H18N6O4. The van der Waals surface area contributed by atoms with Crippen LogP contribution in [0.4, 0.5) is 5.69 Å². The summed E-state index contributed by atoms with van der Waals surface area (Å²) in [6.45, 7) is 4.28. The summed E-state index contributed by atoms with van der Waals surface area (Å²) >= 11 is 0. The van der Waals surface area contributed by atoms with Crippen molar-refractivity contribution in [3.8, 4) is 5.69 Å². The zero-order chi connectivity index (χ0) is 18.8. The summed E-state index contributed by atoms with van der Waals surface area (Å²) in [7, 11) is 0. The number of carbonyl (C=O) groups is 2. The molecule has 10 nitrogen and oxygen atoms in total. The van der Waals surface area contributed by atoms with E-state index in [4.69, 9.17) is 0 Å². The summed E-state index contributed by atoms with van der Waals surface area (Å²) in [5.41, 5.74) is 0.929. The van der Waals surface area contributed by atoms with Crippen LogP contribution in [0.2, 0.25) is 0 Å². The van der Waals surface area contributed by atoms with E-state index in [2.05, 4.69) is 15.6 Å². The molecule has 2 aromatic rings. The molecule has 0 radical (unpaired) electrons. The number of amides is 2. The van der Waals surface area contributed by atoms with Crippen LogP contribution < -0.4 is 5.32 Å². The highest BCUT2D eigenvalue weighted by Gasteiger charge is 2.31. The predicted octanol–water partition coefficient (Wildman–Crippen LogP) is 0.835. The van der Waals surface area contributed by atoms with Crippen molar-refractivity contribution < 1.29 is 14.5 Å². The summed E-state index contributed by atoms with van der Waals surface area (Å²) in [5, 5.41) is 21.6. The summed E-state index contributed by atoms with van der Waals surface area (Å²) in [6.07, 6.45) is 0.653. The normalized spacial score (nSPS) is 17.5. The molecule has 1 atom stereocenters. The van der Waals surface area contributed by atoms with E-state index in [-0.39, 0.29) is 23.2 Å². The van der Waals surface area contributed by atoms with Gasteiger partial charge in [0.2, 0.25) is 5.91 Å². The van der Waals surface area contributed by atoms with Crippen molar-refractivity contribution in [2.45, 2.75) is 26.3 Å². The number of nitro groups is 1. The number of rotatable bonds is 3. The van der Waals surface area contributed by atoms with Gasteiger partial charge in [0.15, 0.2) is 5.69 Å². The maximum atomic E-state index is 12.9. The molecule has 10 heteroatoms. The summed E-state index contributed by atoms with van der Waals surface area (Å²) in [4.78, 5) is 36.8. The van der Waals surface area contributed by atoms with Gasteiger partial charge in [0, 0.05) is 25.2 Å². The topological polar surface area (TPSA) is 123 Å². The highest BCUT2D eigenvalue weighted by Crippen LogP contribution is 2.20. The number of hydrogen-bond donors (Lipinski definition) is 1. The molecule has 1 N–H and O–H groups in total. The zero-order valence-corrected chi connectivity index (χ0v) is 14.4. The highest BCUT2D eigenvalue weighted by molar-refractivity contribution is 5.97. The van der Waals surface area contributed by atoms with E-state index in [0.717, 1.165) is 0 Å². The number of benzene rings is 1. The van der Waals surface area contributed by atoms with Gasteiger partial charge in [0.25, 0.3) is 11.6 Å². The van der Waals surface area contributed by atoms with Crippen molar-refractivity contribution in [3.63, 3.8) is 0 Å². The van der Waals surface area contributed by atoms with Gasteiger partial charge in [-0.1, -0.05) is 11.3 Å². The molecule has 1 fully saturated rings. The number of aromatic nitrogens is 3. The van der Waals surface area contributed by atoms with Crippen LogP contribution in [-0.2, 0) is 4.79 Å².